The van der Waals surface area contributed by atoms with Crippen molar-refractivity contribution in [3.8, 4) is 6.07 Å². The van der Waals surface area contributed by atoms with Crippen molar-refractivity contribution in [2.24, 2.45) is 0 Å². The standard InChI is InChI=1S/C22H21N3O4/c1-16(24-20(26)12-9-17-5-3-2-4-6-17)22(28)29-15-21(27)25-19-10-7-18(8-11-19)13-14-23/h2-12,16H,13,15H2,1H3,(H,24,26)(H,25,27)/b12-9+/t16-/m0/s1. The van der Waals surface area contributed by atoms with Gasteiger partial charge < -0.3 is 15.4 Å². The summed E-state index contributed by atoms with van der Waals surface area (Å²) in [4.78, 5) is 35.7. The lowest BCUT2D eigenvalue weighted by molar-refractivity contribution is -0.149. The third-order valence-electron chi connectivity index (χ3n) is 3.81. The van der Waals surface area contributed by atoms with Crippen molar-refractivity contribution in [3.05, 3.63) is 71.8 Å². The molecule has 0 aromatic heterocycles. The Kier molecular flexibility index (Phi) is 8.14. The second-order valence-corrected chi connectivity index (χ2v) is 6.16. The number of carbonyl (C=O) groups is 3. The van der Waals surface area contributed by atoms with E-state index in [1.807, 2.05) is 36.4 Å². The first-order chi connectivity index (χ1) is 14.0. The molecule has 2 aromatic carbocycles. The Morgan fingerprint density at radius 1 is 1.10 bits per heavy atom. The molecule has 0 fully saturated rings. The van der Waals surface area contributed by atoms with E-state index in [9.17, 15) is 14.4 Å². The molecule has 7 nitrogen and oxygen atoms in total. The van der Waals surface area contributed by atoms with Crippen LogP contribution in [0.5, 0.6) is 0 Å². The predicted molar refractivity (Wildman–Crippen MR) is 108 cm³/mol. The van der Waals surface area contributed by atoms with Gasteiger partial charge in [-0.2, -0.15) is 5.26 Å². The van der Waals surface area contributed by atoms with Crippen LogP contribution in [0, 0.1) is 11.3 Å². The van der Waals surface area contributed by atoms with Crippen molar-refractivity contribution >= 4 is 29.5 Å². The summed E-state index contributed by atoms with van der Waals surface area (Å²) in [5.74, 6) is -1.67. The summed E-state index contributed by atoms with van der Waals surface area (Å²) in [6, 6.07) is 17.2. The first-order valence-electron chi connectivity index (χ1n) is 8.94. The maximum Gasteiger partial charge on any atom is 0.328 e. The zero-order valence-corrected chi connectivity index (χ0v) is 15.9. The van der Waals surface area contributed by atoms with E-state index in [0.29, 0.717) is 5.69 Å². The summed E-state index contributed by atoms with van der Waals surface area (Å²) < 4.78 is 4.93. The summed E-state index contributed by atoms with van der Waals surface area (Å²) >= 11 is 0. The quantitative estimate of drug-likeness (QED) is 0.531. The molecule has 0 unspecified atom stereocenters. The smallest absolute Gasteiger partial charge is 0.328 e. The maximum atomic E-state index is 12.0. The average molecular weight is 391 g/mol. The molecule has 148 valence electrons. The number of nitrogens with one attached hydrogen (secondary N) is 2. The Bertz CT molecular complexity index is 915. The van der Waals surface area contributed by atoms with Gasteiger partial charge in [0, 0.05) is 11.8 Å². The summed E-state index contributed by atoms with van der Waals surface area (Å²) in [7, 11) is 0. The molecule has 2 N–H and O–H groups in total. The number of esters is 1. The van der Waals surface area contributed by atoms with Gasteiger partial charge in [-0.05, 0) is 36.3 Å². The molecule has 0 saturated heterocycles. The lowest BCUT2D eigenvalue weighted by Crippen LogP contribution is -2.39. The van der Waals surface area contributed by atoms with Gasteiger partial charge in [0.25, 0.3) is 5.91 Å². The van der Waals surface area contributed by atoms with Crippen LogP contribution in [0.15, 0.2) is 60.7 Å². The van der Waals surface area contributed by atoms with E-state index in [1.54, 1.807) is 30.3 Å². The fraction of sp³-hybridized carbons (Fsp3) is 0.182. The van der Waals surface area contributed by atoms with Crippen molar-refractivity contribution in [1.82, 2.24) is 5.32 Å². The number of hydrogen-bond acceptors (Lipinski definition) is 5. The van der Waals surface area contributed by atoms with E-state index in [-0.39, 0.29) is 6.42 Å². The molecule has 0 aliphatic heterocycles. The van der Waals surface area contributed by atoms with Gasteiger partial charge in [-0.1, -0.05) is 42.5 Å². The molecule has 1 atom stereocenters. The van der Waals surface area contributed by atoms with Crippen molar-refractivity contribution < 1.29 is 19.1 Å². The largest absolute Gasteiger partial charge is 0.454 e. The van der Waals surface area contributed by atoms with Crippen molar-refractivity contribution in [2.45, 2.75) is 19.4 Å². The van der Waals surface area contributed by atoms with E-state index in [0.717, 1.165) is 11.1 Å². The molecule has 2 rings (SSSR count). The number of anilines is 1. The minimum absolute atomic E-state index is 0.288. The monoisotopic (exact) mass is 391 g/mol. The third-order valence-corrected chi connectivity index (χ3v) is 3.81. The van der Waals surface area contributed by atoms with E-state index in [2.05, 4.69) is 10.6 Å². The van der Waals surface area contributed by atoms with Gasteiger partial charge >= 0.3 is 5.97 Å². The van der Waals surface area contributed by atoms with Gasteiger partial charge in [0.1, 0.15) is 6.04 Å². The summed E-state index contributed by atoms with van der Waals surface area (Å²) in [6.07, 6.45) is 3.24. The number of ether oxygens (including phenoxy) is 1. The molecule has 0 aliphatic carbocycles. The van der Waals surface area contributed by atoms with Gasteiger partial charge in [-0.25, -0.2) is 4.79 Å². The highest BCUT2D eigenvalue weighted by molar-refractivity contribution is 5.95. The Labute approximate surface area is 169 Å². The molecule has 0 bridgehead atoms. The zero-order valence-electron chi connectivity index (χ0n) is 15.9. The zero-order chi connectivity index (χ0) is 21.1. The van der Waals surface area contributed by atoms with Crippen molar-refractivity contribution in [1.29, 1.82) is 5.26 Å². The fourth-order valence-electron chi connectivity index (χ4n) is 2.31. The molecule has 2 amide bonds. The molecule has 0 spiro atoms. The van der Waals surface area contributed by atoms with Crippen LogP contribution in [-0.2, 0) is 25.5 Å². The second-order valence-electron chi connectivity index (χ2n) is 6.16. The normalized spacial score (nSPS) is 11.3. The van der Waals surface area contributed by atoms with E-state index < -0.39 is 30.4 Å². The lowest BCUT2D eigenvalue weighted by Gasteiger charge is -2.12. The third kappa shape index (κ3) is 7.69. The van der Waals surface area contributed by atoms with Crippen LogP contribution in [-0.4, -0.2) is 30.4 Å². The summed E-state index contributed by atoms with van der Waals surface area (Å²) in [5, 5.41) is 13.7. The lowest BCUT2D eigenvalue weighted by atomic mass is 10.1. The molecule has 0 heterocycles. The SMILES string of the molecule is C[C@H](NC(=O)/C=C/c1ccccc1)C(=O)OCC(=O)Nc1ccc(CC#N)cc1. The number of rotatable bonds is 8. The second kappa shape index (κ2) is 11.0. The molecular formula is C22H21N3O4. The first-order valence-corrected chi connectivity index (χ1v) is 8.94. The molecule has 29 heavy (non-hydrogen) atoms. The number of benzene rings is 2. The molecule has 2 aromatic rings. The highest BCUT2D eigenvalue weighted by Crippen LogP contribution is 2.09. The summed E-state index contributed by atoms with van der Waals surface area (Å²) in [5.41, 5.74) is 2.22. The van der Waals surface area contributed by atoms with Gasteiger partial charge in [0.05, 0.1) is 12.5 Å². The Morgan fingerprint density at radius 2 is 1.79 bits per heavy atom. The fourth-order valence-corrected chi connectivity index (χ4v) is 2.31. The minimum Gasteiger partial charge on any atom is -0.454 e. The first kappa shape index (κ1) is 21.4. The highest BCUT2D eigenvalue weighted by Gasteiger charge is 2.17. The van der Waals surface area contributed by atoms with E-state index in [4.69, 9.17) is 10.00 Å². The van der Waals surface area contributed by atoms with E-state index >= 15 is 0 Å². The number of nitrogens with zero attached hydrogens (tertiary/aromatic N) is 1. The molecular weight excluding hydrogens is 370 g/mol. The van der Waals surface area contributed by atoms with Crippen LogP contribution < -0.4 is 10.6 Å². The van der Waals surface area contributed by atoms with Crippen LogP contribution in [0.3, 0.4) is 0 Å². The number of nitriles is 1. The van der Waals surface area contributed by atoms with Gasteiger partial charge in [-0.3, -0.25) is 9.59 Å². The van der Waals surface area contributed by atoms with Gasteiger partial charge in [-0.15, -0.1) is 0 Å². The predicted octanol–water partition coefficient (Wildman–Crippen LogP) is 2.45. The van der Waals surface area contributed by atoms with Crippen molar-refractivity contribution in [2.75, 3.05) is 11.9 Å². The Balaban J connectivity index is 1.74. The number of amides is 2. The molecule has 0 aliphatic rings. The van der Waals surface area contributed by atoms with Crippen LogP contribution in [0.1, 0.15) is 18.1 Å². The molecule has 0 saturated carbocycles. The van der Waals surface area contributed by atoms with Crippen LogP contribution in [0.4, 0.5) is 5.69 Å². The van der Waals surface area contributed by atoms with E-state index in [1.165, 1.54) is 13.0 Å². The van der Waals surface area contributed by atoms with Crippen LogP contribution in [0.2, 0.25) is 0 Å². The Hall–Kier alpha value is -3.92. The maximum absolute atomic E-state index is 12.0. The van der Waals surface area contributed by atoms with Crippen molar-refractivity contribution in [3.63, 3.8) is 0 Å². The molecule has 7 heteroatoms. The van der Waals surface area contributed by atoms with Gasteiger partial charge in [0.2, 0.25) is 5.91 Å². The minimum atomic E-state index is -0.902. The van der Waals surface area contributed by atoms with Gasteiger partial charge in [0.15, 0.2) is 6.61 Å². The van der Waals surface area contributed by atoms with Crippen LogP contribution >= 0.6 is 0 Å². The topological polar surface area (TPSA) is 108 Å². The number of carbonyl (C=O) groups excluding carboxylic acids is 3. The Morgan fingerprint density at radius 3 is 2.45 bits per heavy atom. The summed E-state index contributed by atoms with van der Waals surface area (Å²) in [6.45, 7) is 1.00. The average Bonchev–Trinajstić information content (AvgIpc) is 2.73. The number of hydrogen-bond donors (Lipinski definition) is 2. The molecule has 0 radical (unpaired) electrons. The van der Waals surface area contributed by atoms with Crippen LogP contribution in [0.25, 0.3) is 6.08 Å². The highest BCUT2D eigenvalue weighted by atomic mass is 16.5.